The number of aryl methyl sites for hydroxylation is 1. The fourth-order valence-electron chi connectivity index (χ4n) is 2.16. The van der Waals surface area contributed by atoms with Gasteiger partial charge >= 0.3 is 0 Å². The summed E-state index contributed by atoms with van der Waals surface area (Å²) < 4.78 is 0. The van der Waals surface area contributed by atoms with Crippen LogP contribution < -0.4 is 4.90 Å². The van der Waals surface area contributed by atoms with Gasteiger partial charge in [0, 0.05) is 31.7 Å². The zero-order valence-corrected chi connectivity index (χ0v) is 11.5. The van der Waals surface area contributed by atoms with Crippen LogP contribution in [-0.4, -0.2) is 47.6 Å². The van der Waals surface area contributed by atoms with Crippen molar-refractivity contribution in [3.8, 4) is 0 Å². The van der Waals surface area contributed by atoms with E-state index in [1.165, 1.54) is 0 Å². The van der Waals surface area contributed by atoms with Crippen LogP contribution in [0.2, 0.25) is 5.15 Å². The lowest BCUT2D eigenvalue weighted by Crippen LogP contribution is -2.46. The maximum Gasteiger partial charge on any atom is 0.137 e. The van der Waals surface area contributed by atoms with Crippen molar-refractivity contribution >= 4 is 17.4 Å². The number of anilines is 1. The van der Waals surface area contributed by atoms with Gasteiger partial charge in [0.1, 0.15) is 16.8 Å². The summed E-state index contributed by atoms with van der Waals surface area (Å²) >= 11 is 6.11. The first-order valence-corrected chi connectivity index (χ1v) is 6.47. The highest BCUT2D eigenvalue weighted by Crippen LogP contribution is 2.24. The van der Waals surface area contributed by atoms with Gasteiger partial charge in [0.05, 0.1) is 0 Å². The summed E-state index contributed by atoms with van der Waals surface area (Å²) in [5.41, 5.74) is 0.988. The second-order valence-corrected chi connectivity index (χ2v) is 4.79. The highest BCUT2D eigenvalue weighted by atomic mass is 35.5. The van der Waals surface area contributed by atoms with Gasteiger partial charge in [-0.1, -0.05) is 18.5 Å². The van der Waals surface area contributed by atoms with Crippen LogP contribution in [0.4, 0.5) is 5.82 Å². The van der Waals surface area contributed by atoms with E-state index in [0.29, 0.717) is 5.15 Å². The first-order valence-electron chi connectivity index (χ1n) is 6.10. The number of rotatable bonds is 2. The molecule has 0 amide bonds. The van der Waals surface area contributed by atoms with Crippen LogP contribution in [0, 0.1) is 13.8 Å². The number of halogens is 1. The number of piperazine rings is 1. The zero-order valence-electron chi connectivity index (χ0n) is 10.7. The largest absolute Gasteiger partial charge is 0.354 e. The van der Waals surface area contributed by atoms with Crippen LogP contribution in [0.1, 0.15) is 18.3 Å². The van der Waals surface area contributed by atoms with Crippen LogP contribution in [0.15, 0.2) is 0 Å². The first-order chi connectivity index (χ1) is 8.11. The van der Waals surface area contributed by atoms with Crippen molar-refractivity contribution in [2.24, 2.45) is 0 Å². The Bertz CT molecular complexity index is 400. The fraction of sp³-hybridized carbons (Fsp3) is 0.667. The van der Waals surface area contributed by atoms with Gasteiger partial charge in [0.25, 0.3) is 0 Å². The van der Waals surface area contributed by atoms with Gasteiger partial charge in [-0.15, -0.1) is 0 Å². The molecule has 1 aromatic rings. The molecule has 0 atom stereocenters. The van der Waals surface area contributed by atoms with Gasteiger partial charge in [-0.3, -0.25) is 0 Å². The molecule has 0 unspecified atom stereocenters. The van der Waals surface area contributed by atoms with E-state index < -0.39 is 0 Å². The summed E-state index contributed by atoms with van der Waals surface area (Å²) in [6.07, 6.45) is 0. The second kappa shape index (κ2) is 5.19. The summed E-state index contributed by atoms with van der Waals surface area (Å²) in [7, 11) is 0. The predicted molar refractivity (Wildman–Crippen MR) is 70.8 cm³/mol. The van der Waals surface area contributed by atoms with Gasteiger partial charge in [-0.05, 0) is 20.4 Å². The molecule has 2 rings (SSSR count). The number of aromatic nitrogens is 2. The van der Waals surface area contributed by atoms with Crippen molar-refractivity contribution < 1.29 is 0 Å². The summed E-state index contributed by atoms with van der Waals surface area (Å²) in [6, 6.07) is 0. The Morgan fingerprint density at radius 2 is 1.76 bits per heavy atom. The van der Waals surface area contributed by atoms with Crippen LogP contribution >= 0.6 is 11.6 Å². The molecule has 1 aliphatic heterocycles. The first kappa shape index (κ1) is 12.6. The minimum Gasteiger partial charge on any atom is -0.354 e. The van der Waals surface area contributed by atoms with E-state index >= 15 is 0 Å². The minimum absolute atomic E-state index is 0.574. The Kier molecular flexibility index (Phi) is 3.84. The molecule has 1 saturated heterocycles. The fourth-order valence-corrected chi connectivity index (χ4v) is 2.37. The third-order valence-corrected chi connectivity index (χ3v) is 3.66. The lowest BCUT2D eigenvalue weighted by Gasteiger charge is -2.35. The molecule has 1 fully saturated rings. The van der Waals surface area contributed by atoms with Gasteiger partial charge in [-0.25, -0.2) is 9.97 Å². The molecule has 0 radical (unpaired) electrons. The highest BCUT2D eigenvalue weighted by Gasteiger charge is 2.19. The van der Waals surface area contributed by atoms with Gasteiger partial charge < -0.3 is 9.80 Å². The molecule has 0 saturated carbocycles. The zero-order chi connectivity index (χ0) is 12.4. The standard InChI is InChI=1S/C12H19ClN4/c1-4-16-5-7-17(8-6-16)12-9(2)11(13)14-10(3)15-12/h4-8H2,1-3H3. The summed E-state index contributed by atoms with van der Waals surface area (Å²) in [5, 5.41) is 0.574. The molecule has 0 N–H and O–H groups in total. The number of nitrogens with zero attached hydrogens (tertiary/aromatic N) is 4. The minimum atomic E-state index is 0.574. The number of hydrogen-bond acceptors (Lipinski definition) is 4. The molecule has 17 heavy (non-hydrogen) atoms. The summed E-state index contributed by atoms with van der Waals surface area (Å²) in [4.78, 5) is 13.5. The molecule has 5 heteroatoms. The van der Waals surface area contributed by atoms with E-state index in [2.05, 4.69) is 26.7 Å². The van der Waals surface area contributed by atoms with Crippen molar-refractivity contribution in [2.45, 2.75) is 20.8 Å². The predicted octanol–water partition coefficient (Wildman–Crippen LogP) is 1.89. The van der Waals surface area contributed by atoms with E-state index in [9.17, 15) is 0 Å². The number of hydrogen-bond donors (Lipinski definition) is 0. The average Bonchev–Trinajstić information content (AvgIpc) is 2.34. The van der Waals surface area contributed by atoms with Crippen LogP contribution in [0.3, 0.4) is 0 Å². The second-order valence-electron chi connectivity index (χ2n) is 4.43. The van der Waals surface area contributed by atoms with Gasteiger partial charge in [0.15, 0.2) is 0 Å². The highest BCUT2D eigenvalue weighted by molar-refractivity contribution is 6.30. The average molecular weight is 255 g/mol. The Hall–Kier alpha value is -0.870. The Labute approximate surface area is 108 Å². The van der Waals surface area contributed by atoms with E-state index in [4.69, 9.17) is 11.6 Å². The molecule has 0 spiro atoms. The van der Waals surface area contributed by atoms with E-state index in [0.717, 1.165) is 49.9 Å². The quantitative estimate of drug-likeness (QED) is 0.755. The molecular weight excluding hydrogens is 236 g/mol. The van der Waals surface area contributed by atoms with Gasteiger partial charge in [-0.2, -0.15) is 0 Å². The summed E-state index contributed by atoms with van der Waals surface area (Å²) in [5.74, 6) is 1.74. The maximum atomic E-state index is 6.11. The van der Waals surface area contributed by atoms with Crippen molar-refractivity contribution in [3.05, 3.63) is 16.5 Å². The number of likely N-dealkylation sites (N-methyl/N-ethyl adjacent to an activating group) is 1. The Morgan fingerprint density at radius 3 is 2.35 bits per heavy atom. The van der Waals surface area contributed by atoms with Crippen LogP contribution in [0.5, 0.6) is 0 Å². The molecule has 0 aliphatic carbocycles. The van der Waals surface area contributed by atoms with E-state index in [-0.39, 0.29) is 0 Å². The Morgan fingerprint density at radius 1 is 1.12 bits per heavy atom. The molecule has 94 valence electrons. The summed E-state index contributed by atoms with van der Waals surface area (Å²) in [6.45, 7) is 11.4. The van der Waals surface area contributed by atoms with E-state index in [1.807, 2.05) is 13.8 Å². The van der Waals surface area contributed by atoms with Crippen molar-refractivity contribution in [1.29, 1.82) is 0 Å². The van der Waals surface area contributed by atoms with E-state index in [1.54, 1.807) is 0 Å². The van der Waals surface area contributed by atoms with Crippen molar-refractivity contribution in [3.63, 3.8) is 0 Å². The van der Waals surface area contributed by atoms with Gasteiger partial charge in [0.2, 0.25) is 0 Å². The van der Waals surface area contributed by atoms with Crippen molar-refractivity contribution in [2.75, 3.05) is 37.6 Å². The maximum absolute atomic E-state index is 6.11. The van der Waals surface area contributed by atoms with Crippen LogP contribution in [0.25, 0.3) is 0 Å². The molecule has 4 nitrogen and oxygen atoms in total. The lowest BCUT2D eigenvalue weighted by atomic mass is 10.2. The topological polar surface area (TPSA) is 32.3 Å². The SMILES string of the molecule is CCN1CCN(c2nc(C)nc(Cl)c2C)CC1. The molecule has 1 aliphatic rings. The molecule has 0 bridgehead atoms. The smallest absolute Gasteiger partial charge is 0.137 e. The molecular formula is C12H19ClN4. The molecule has 1 aromatic heterocycles. The third kappa shape index (κ3) is 2.69. The normalized spacial score (nSPS) is 17.5. The molecule has 2 heterocycles. The molecule has 0 aromatic carbocycles. The monoisotopic (exact) mass is 254 g/mol. The van der Waals surface area contributed by atoms with Crippen LogP contribution in [-0.2, 0) is 0 Å². The van der Waals surface area contributed by atoms with Crippen molar-refractivity contribution in [1.82, 2.24) is 14.9 Å². The third-order valence-electron chi connectivity index (χ3n) is 3.29. The Balaban J connectivity index is 2.18. The lowest BCUT2D eigenvalue weighted by molar-refractivity contribution is 0.270.